The summed E-state index contributed by atoms with van der Waals surface area (Å²) in [5.74, 6) is 0.438. The van der Waals surface area contributed by atoms with E-state index in [0.717, 1.165) is 16.5 Å². The molecule has 32 heavy (non-hydrogen) atoms. The van der Waals surface area contributed by atoms with E-state index in [1.165, 1.54) is 38.5 Å². The average Bonchev–Trinajstić information content (AvgIpc) is 3.27. The van der Waals surface area contributed by atoms with Gasteiger partial charge in [0.15, 0.2) is 0 Å². The van der Waals surface area contributed by atoms with Crippen molar-refractivity contribution < 1.29 is 22.7 Å². The zero-order chi connectivity index (χ0) is 22.7. The molecule has 4 rings (SSSR count). The number of ether oxygens (including phenoxy) is 2. The summed E-state index contributed by atoms with van der Waals surface area (Å²) in [5.41, 5.74) is 2.02. The highest BCUT2D eigenvalue weighted by molar-refractivity contribution is 7.91. The number of hydrogen-bond donors (Lipinski definition) is 2. The average molecular weight is 452 g/mol. The van der Waals surface area contributed by atoms with Gasteiger partial charge in [-0.1, -0.05) is 12.1 Å². The van der Waals surface area contributed by atoms with Crippen molar-refractivity contribution in [3.63, 3.8) is 0 Å². The molecule has 4 aromatic rings. The fraction of sp³-hybridized carbons (Fsp3) is 0.130. The van der Waals surface area contributed by atoms with Crippen molar-refractivity contribution in [3.05, 3.63) is 78.2 Å². The maximum atomic E-state index is 13.1. The number of rotatable bonds is 7. The van der Waals surface area contributed by atoms with Crippen LogP contribution in [0.4, 0.5) is 0 Å². The lowest BCUT2D eigenvalue weighted by Crippen LogP contribution is -2.23. The first-order valence-corrected chi connectivity index (χ1v) is 11.2. The molecule has 0 aliphatic rings. The molecule has 9 heteroatoms. The quantitative estimate of drug-likeness (QED) is 0.446. The third-order valence-corrected chi connectivity index (χ3v) is 6.82. The second-order valence-electron chi connectivity index (χ2n) is 6.99. The van der Waals surface area contributed by atoms with Crippen molar-refractivity contribution in [1.29, 1.82) is 0 Å². The minimum atomic E-state index is -3.79. The highest BCUT2D eigenvalue weighted by Crippen LogP contribution is 2.32. The molecule has 0 saturated carbocycles. The van der Waals surface area contributed by atoms with Crippen LogP contribution < -0.4 is 14.8 Å². The summed E-state index contributed by atoms with van der Waals surface area (Å²) in [4.78, 5) is 19.7. The molecule has 1 amide bonds. The largest absolute Gasteiger partial charge is 0.497 e. The van der Waals surface area contributed by atoms with Gasteiger partial charge in [-0.25, -0.2) is 8.42 Å². The van der Waals surface area contributed by atoms with Crippen LogP contribution in [0.15, 0.2) is 76.8 Å². The van der Waals surface area contributed by atoms with E-state index in [4.69, 9.17) is 9.47 Å². The molecule has 0 unspecified atom stereocenters. The van der Waals surface area contributed by atoms with Gasteiger partial charge in [-0.3, -0.25) is 9.78 Å². The van der Waals surface area contributed by atoms with Gasteiger partial charge in [0.05, 0.1) is 19.1 Å². The number of methoxy groups -OCH3 is 2. The number of aromatic amines is 1. The molecule has 2 aromatic carbocycles. The number of hydrogen-bond acceptors (Lipinski definition) is 6. The molecule has 0 aliphatic heterocycles. The minimum Gasteiger partial charge on any atom is -0.497 e. The maximum absolute atomic E-state index is 13.1. The van der Waals surface area contributed by atoms with E-state index < -0.39 is 9.84 Å². The summed E-state index contributed by atoms with van der Waals surface area (Å²) >= 11 is 0. The summed E-state index contributed by atoms with van der Waals surface area (Å²) in [7, 11) is -0.890. The number of carbonyl (C=O) groups is 1. The van der Waals surface area contributed by atoms with E-state index in [9.17, 15) is 13.2 Å². The highest BCUT2D eigenvalue weighted by Gasteiger charge is 2.22. The Kier molecular flexibility index (Phi) is 5.83. The van der Waals surface area contributed by atoms with Crippen LogP contribution in [0.3, 0.4) is 0 Å². The molecule has 0 radical (unpaired) electrons. The van der Waals surface area contributed by atoms with Gasteiger partial charge in [0, 0.05) is 35.9 Å². The number of amides is 1. The van der Waals surface area contributed by atoms with Crippen LogP contribution in [-0.4, -0.2) is 38.5 Å². The van der Waals surface area contributed by atoms with Crippen LogP contribution in [0, 0.1) is 0 Å². The number of nitrogens with one attached hydrogen (secondary N) is 2. The number of benzene rings is 2. The Morgan fingerprint density at radius 2 is 1.81 bits per heavy atom. The second kappa shape index (κ2) is 8.72. The maximum Gasteiger partial charge on any atom is 0.267 e. The predicted octanol–water partition coefficient (Wildman–Crippen LogP) is 3.34. The molecule has 2 heterocycles. The second-order valence-corrected chi connectivity index (χ2v) is 8.91. The zero-order valence-electron chi connectivity index (χ0n) is 17.5. The number of fused-ring (bicyclic) bond motifs is 1. The molecule has 0 spiro atoms. The topological polar surface area (TPSA) is 110 Å². The standard InChI is InChI=1S/C23H21N3O5S/c1-30-17-5-8-22(21(12-17)31-2)32(28,29)18-6-3-15(4-7-18)13-25-23(27)20-11-16-14-24-10-9-19(16)26-20/h3-12,14,26H,13H2,1-2H3,(H,25,27). The third-order valence-electron chi connectivity index (χ3n) is 5.01. The number of nitrogens with zero attached hydrogens (tertiary/aromatic N) is 1. The van der Waals surface area contributed by atoms with Gasteiger partial charge in [-0.2, -0.15) is 0 Å². The highest BCUT2D eigenvalue weighted by atomic mass is 32.2. The first kappa shape index (κ1) is 21.4. The first-order chi connectivity index (χ1) is 15.4. The molecule has 164 valence electrons. The molecular weight excluding hydrogens is 430 g/mol. The molecular formula is C23H21N3O5S. The minimum absolute atomic E-state index is 0.0511. The summed E-state index contributed by atoms with van der Waals surface area (Å²) in [6.45, 7) is 0.249. The summed E-state index contributed by atoms with van der Waals surface area (Å²) < 4.78 is 36.5. The molecule has 0 atom stereocenters. The van der Waals surface area contributed by atoms with Gasteiger partial charge in [-0.05, 0) is 42.0 Å². The Labute approximate surface area is 185 Å². The fourth-order valence-electron chi connectivity index (χ4n) is 3.28. The molecule has 0 bridgehead atoms. The van der Waals surface area contributed by atoms with E-state index in [-0.39, 0.29) is 28.0 Å². The molecule has 8 nitrogen and oxygen atoms in total. The summed E-state index contributed by atoms with van der Waals surface area (Å²) in [6.07, 6.45) is 3.33. The monoisotopic (exact) mass is 451 g/mol. The normalized spacial score (nSPS) is 11.3. The van der Waals surface area contributed by atoms with Crippen LogP contribution in [0.1, 0.15) is 16.1 Å². The van der Waals surface area contributed by atoms with Crippen molar-refractivity contribution in [2.45, 2.75) is 16.3 Å². The van der Waals surface area contributed by atoms with Crippen molar-refractivity contribution in [2.24, 2.45) is 0 Å². The van der Waals surface area contributed by atoms with Gasteiger partial charge in [-0.15, -0.1) is 0 Å². The van der Waals surface area contributed by atoms with Gasteiger partial charge >= 0.3 is 0 Å². The van der Waals surface area contributed by atoms with E-state index in [1.54, 1.807) is 42.7 Å². The molecule has 2 aromatic heterocycles. The fourth-order valence-corrected chi connectivity index (χ4v) is 4.69. The Bertz CT molecular complexity index is 1350. The lowest BCUT2D eigenvalue weighted by molar-refractivity contribution is 0.0946. The van der Waals surface area contributed by atoms with Crippen molar-refractivity contribution >= 4 is 26.6 Å². The van der Waals surface area contributed by atoms with Crippen LogP contribution in [0.2, 0.25) is 0 Å². The smallest absolute Gasteiger partial charge is 0.267 e. The Morgan fingerprint density at radius 1 is 1.03 bits per heavy atom. The lowest BCUT2D eigenvalue weighted by atomic mass is 10.2. The number of pyridine rings is 1. The van der Waals surface area contributed by atoms with Crippen molar-refractivity contribution in [1.82, 2.24) is 15.3 Å². The number of aromatic nitrogens is 2. The van der Waals surface area contributed by atoms with Gasteiger partial charge < -0.3 is 19.8 Å². The van der Waals surface area contributed by atoms with Crippen LogP contribution in [-0.2, 0) is 16.4 Å². The predicted molar refractivity (Wildman–Crippen MR) is 119 cm³/mol. The Hall–Kier alpha value is -3.85. The van der Waals surface area contributed by atoms with E-state index in [2.05, 4.69) is 15.3 Å². The third kappa shape index (κ3) is 4.15. The lowest BCUT2D eigenvalue weighted by Gasteiger charge is -2.12. The summed E-state index contributed by atoms with van der Waals surface area (Å²) in [5, 5.41) is 3.67. The van der Waals surface area contributed by atoms with Crippen LogP contribution in [0.5, 0.6) is 11.5 Å². The van der Waals surface area contributed by atoms with Gasteiger partial charge in [0.2, 0.25) is 9.84 Å². The number of H-pyrrole nitrogens is 1. The van der Waals surface area contributed by atoms with Gasteiger partial charge in [0.1, 0.15) is 22.1 Å². The van der Waals surface area contributed by atoms with Crippen LogP contribution >= 0.6 is 0 Å². The molecule has 0 saturated heterocycles. The van der Waals surface area contributed by atoms with Crippen LogP contribution in [0.25, 0.3) is 10.9 Å². The zero-order valence-corrected chi connectivity index (χ0v) is 18.3. The SMILES string of the molecule is COc1ccc(S(=O)(=O)c2ccc(CNC(=O)c3cc4cnccc4[nH]3)cc2)c(OC)c1. The number of carbonyl (C=O) groups excluding carboxylic acids is 1. The Balaban J connectivity index is 1.48. The van der Waals surface area contributed by atoms with E-state index in [0.29, 0.717) is 11.4 Å². The van der Waals surface area contributed by atoms with Crippen molar-refractivity contribution in [2.75, 3.05) is 14.2 Å². The number of sulfone groups is 1. The van der Waals surface area contributed by atoms with E-state index in [1.807, 2.05) is 0 Å². The molecule has 0 fully saturated rings. The molecule has 0 aliphatic carbocycles. The molecule has 2 N–H and O–H groups in total. The first-order valence-electron chi connectivity index (χ1n) is 9.69. The van der Waals surface area contributed by atoms with Crippen molar-refractivity contribution in [3.8, 4) is 11.5 Å². The Morgan fingerprint density at radius 3 is 2.50 bits per heavy atom. The van der Waals surface area contributed by atoms with E-state index >= 15 is 0 Å². The summed E-state index contributed by atoms with van der Waals surface area (Å²) in [6, 6.07) is 14.4. The van der Waals surface area contributed by atoms with Gasteiger partial charge in [0.25, 0.3) is 5.91 Å².